The second kappa shape index (κ2) is 10.1. The van der Waals surface area contributed by atoms with Gasteiger partial charge >= 0.3 is 5.97 Å². The maximum Gasteiger partial charge on any atom is 0.345 e. The van der Waals surface area contributed by atoms with E-state index in [0.717, 1.165) is 17.7 Å². The van der Waals surface area contributed by atoms with E-state index in [0.29, 0.717) is 11.3 Å². The first-order valence-corrected chi connectivity index (χ1v) is 10.2. The number of nitrogens with one attached hydrogen (secondary N) is 1. The van der Waals surface area contributed by atoms with Crippen molar-refractivity contribution in [3.8, 4) is 6.07 Å². The Balaban J connectivity index is 1.80. The molecule has 3 aromatic rings. The van der Waals surface area contributed by atoms with E-state index >= 15 is 0 Å². The summed E-state index contributed by atoms with van der Waals surface area (Å²) >= 11 is 5.81. The number of halogens is 2. The van der Waals surface area contributed by atoms with Crippen LogP contribution in [-0.2, 0) is 16.1 Å². The van der Waals surface area contributed by atoms with Gasteiger partial charge in [-0.3, -0.25) is 14.9 Å². The van der Waals surface area contributed by atoms with Crippen LogP contribution < -0.4 is 5.32 Å². The number of benzene rings is 2. The summed E-state index contributed by atoms with van der Waals surface area (Å²) in [5.74, 6) is -2.06. The molecule has 1 aromatic heterocycles. The number of ether oxygens (including phenoxy) is 1. The van der Waals surface area contributed by atoms with Gasteiger partial charge in [-0.15, -0.1) is 0 Å². The predicted molar refractivity (Wildman–Crippen MR) is 121 cm³/mol. The Morgan fingerprint density at radius 1 is 1.24 bits per heavy atom. The summed E-state index contributed by atoms with van der Waals surface area (Å²) in [6, 6.07) is 11.2. The highest BCUT2D eigenvalue weighted by Crippen LogP contribution is 2.28. The van der Waals surface area contributed by atoms with Gasteiger partial charge in [-0.25, -0.2) is 9.18 Å². The number of nitriles is 1. The van der Waals surface area contributed by atoms with Crippen LogP contribution in [0.2, 0.25) is 5.02 Å². The molecule has 0 aliphatic carbocycles. The van der Waals surface area contributed by atoms with Gasteiger partial charge in [0.15, 0.2) is 6.61 Å². The summed E-state index contributed by atoms with van der Waals surface area (Å²) in [6.07, 6.45) is 0. The Morgan fingerprint density at radius 3 is 2.53 bits per heavy atom. The van der Waals surface area contributed by atoms with E-state index in [1.165, 1.54) is 18.2 Å². The molecule has 0 bridgehead atoms. The normalized spacial score (nSPS) is 10.4. The van der Waals surface area contributed by atoms with E-state index in [1.54, 1.807) is 30.5 Å². The number of carbonyl (C=O) groups excluding carboxylic acids is 2. The quantitative estimate of drug-likeness (QED) is 0.298. The number of esters is 1. The maximum absolute atomic E-state index is 13.2. The molecule has 1 heterocycles. The number of nitro benzene ring substituents is 1. The van der Waals surface area contributed by atoms with Gasteiger partial charge < -0.3 is 14.6 Å². The van der Waals surface area contributed by atoms with Crippen LogP contribution in [0.1, 0.15) is 32.7 Å². The van der Waals surface area contributed by atoms with Crippen LogP contribution in [0.3, 0.4) is 0 Å². The molecule has 174 valence electrons. The number of rotatable bonds is 7. The van der Waals surface area contributed by atoms with Crippen LogP contribution in [0.5, 0.6) is 0 Å². The number of hydrogen-bond acceptors (Lipinski definition) is 6. The van der Waals surface area contributed by atoms with Gasteiger partial charge in [0, 0.05) is 23.3 Å². The first kappa shape index (κ1) is 24.4. The largest absolute Gasteiger partial charge is 0.452 e. The van der Waals surface area contributed by atoms with Crippen molar-refractivity contribution in [3.05, 3.63) is 91.4 Å². The molecule has 0 aliphatic heterocycles. The summed E-state index contributed by atoms with van der Waals surface area (Å²) in [7, 11) is 0. The van der Waals surface area contributed by atoms with Gasteiger partial charge in [-0.05, 0) is 49.2 Å². The zero-order chi connectivity index (χ0) is 25.0. The van der Waals surface area contributed by atoms with Crippen LogP contribution in [-0.4, -0.2) is 28.0 Å². The molecular weight excluding hydrogens is 467 g/mol. The second-order valence-electron chi connectivity index (χ2n) is 7.30. The molecule has 3 rings (SSSR count). The number of nitrogens with zero attached hydrogens (tertiary/aromatic N) is 3. The summed E-state index contributed by atoms with van der Waals surface area (Å²) in [6.45, 7) is 2.99. The highest BCUT2D eigenvalue weighted by molar-refractivity contribution is 6.31. The average molecular weight is 485 g/mol. The van der Waals surface area contributed by atoms with Crippen molar-refractivity contribution < 1.29 is 23.6 Å². The van der Waals surface area contributed by atoms with Crippen molar-refractivity contribution in [1.29, 1.82) is 5.26 Å². The number of carbonyl (C=O) groups is 2. The fourth-order valence-corrected chi connectivity index (χ4v) is 3.48. The molecule has 0 unspecified atom stereocenters. The topological polar surface area (TPSA) is 127 Å². The van der Waals surface area contributed by atoms with E-state index in [2.05, 4.69) is 5.32 Å². The Hall–Kier alpha value is -4.23. The number of amides is 1. The minimum Gasteiger partial charge on any atom is -0.452 e. The summed E-state index contributed by atoms with van der Waals surface area (Å²) < 4.78 is 19.9. The van der Waals surface area contributed by atoms with Gasteiger partial charge in [0.2, 0.25) is 0 Å². The van der Waals surface area contributed by atoms with E-state index in [-0.39, 0.29) is 22.9 Å². The average Bonchev–Trinajstić information content (AvgIpc) is 3.02. The summed E-state index contributed by atoms with van der Waals surface area (Å²) in [5.41, 5.74) is 1.41. The number of anilines is 1. The highest BCUT2D eigenvalue weighted by Gasteiger charge is 2.24. The fraction of sp³-hybridized carbons (Fsp3) is 0.174. The van der Waals surface area contributed by atoms with Gasteiger partial charge in [0.05, 0.1) is 10.5 Å². The third-order valence-electron chi connectivity index (χ3n) is 5.16. The standard InChI is InChI=1S/C23H18ClFN4O5/c1-13-14(2)28(11-15-3-6-17(25)7-4-15)22(19(13)10-26)27-21(30)12-34-23(31)18-9-16(24)5-8-20(18)29(32)33/h3-9H,11-12H2,1-2H3,(H,27,30). The van der Waals surface area contributed by atoms with Crippen LogP contribution in [0, 0.1) is 41.1 Å². The fourth-order valence-electron chi connectivity index (χ4n) is 3.31. The second-order valence-corrected chi connectivity index (χ2v) is 7.74. The van der Waals surface area contributed by atoms with Crippen molar-refractivity contribution in [2.24, 2.45) is 0 Å². The first-order chi connectivity index (χ1) is 16.1. The van der Waals surface area contributed by atoms with Gasteiger partial charge in [0.25, 0.3) is 11.6 Å². The highest BCUT2D eigenvalue weighted by atomic mass is 35.5. The van der Waals surface area contributed by atoms with Crippen molar-refractivity contribution in [1.82, 2.24) is 4.57 Å². The molecule has 0 aliphatic rings. The molecule has 0 saturated heterocycles. The SMILES string of the molecule is Cc1c(C#N)c(NC(=O)COC(=O)c2cc(Cl)ccc2[N+](=O)[O-])n(Cc2ccc(F)cc2)c1C. The molecule has 2 aromatic carbocycles. The molecule has 11 heteroatoms. The molecule has 0 spiro atoms. The van der Waals surface area contributed by atoms with Crippen molar-refractivity contribution in [2.75, 3.05) is 11.9 Å². The lowest BCUT2D eigenvalue weighted by atomic mass is 10.2. The van der Waals surface area contributed by atoms with Crippen molar-refractivity contribution in [2.45, 2.75) is 20.4 Å². The number of aromatic nitrogens is 1. The minimum atomic E-state index is -1.10. The number of nitro groups is 1. The lowest BCUT2D eigenvalue weighted by Gasteiger charge is -2.13. The smallest absolute Gasteiger partial charge is 0.345 e. The lowest BCUT2D eigenvalue weighted by Crippen LogP contribution is -2.23. The molecule has 9 nitrogen and oxygen atoms in total. The summed E-state index contributed by atoms with van der Waals surface area (Å²) in [5, 5.41) is 23.4. The Bertz CT molecular complexity index is 1330. The van der Waals surface area contributed by atoms with Crippen LogP contribution in [0.15, 0.2) is 42.5 Å². The molecule has 0 fully saturated rings. The molecule has 34 heavy (non-hydrogen) atoms. The monoisotopic (exact) mass is 484 g/mol. The molecular formula is C23H18ClFN4O5. The van der Waals surface area contributed by atoms with Crippen molar-refractivity contribution >= 4 is 35.0 Å². The van der Waals surface area contributed by atoms with Gasteiger partial charge in [-0.1, -0.05) is 23.7 Å². The molecule has 0 saturated carbocycles. The van der Waals surface area contributed by atoms with Gasteiger partial charge in [-0.2, -0.15) is 5.26 Å². The summed E-state index contributed by atoms with van der Waals surface area (Å²) in [4.78, 5) is 35.3. The third kappa shape index (κ3) is 5.22. The molecule has 1 N–H and O–H groups in total. The van der Waals surface area contributed by atoms with E-state index < -0.39 is 40.5 Å². The van der Waals surface area contributed by atoms with Crippen molar-refractivity contribution in [3.63, 3.8) is 0 Å². The zero-order valence-electron chi connectivity index (χ0n) is 18.1. The van der Waals surface area contributed by atoms with E-state index in [1.807, 2.05) is 6.07 Å². The third-order valence-corrected chi connectivity index (χ3v) is 5.40. The Morgan fingerprint density at radius 2 is 1.91 bits per heavy atom. The number of hydrogen-bond donors (Lipinski definition) is 1. The molecule has 1 amide bonds. The predicted octanol–water partition coefficient (Wildman–Crippen LogP) is 4.52. The Labute approximate surface area is 198 Å². The lowest BCUT2D eigenvalue weighted by molar-refractivity contribution is -0.385. The van der Waals surface area contributed by atoms with Crippen LogP contribution in [0.4, 0.5) is 15.9 Å². The molecule has 0 radical (unpaired) electrons. The van der Waals surface area contributed by atoms with E-state index in [4.69, 9.17) is 16.3 Å². The molecule has 0 atom stereocenters. The zero-order valence-corrected chi connectivity index (χ0v) is 18.9. The Kier molecular flexibility index (Phi) is 7.28. The first-order valence-electron chi connectivity index (χ1n) is 9.87. The maximum atomic E-state index is 13.2. The minimum absolute atomic E-state index is 0.0882. The van der Waals surface area contributed by atoms with Crippen LogP contribution >= 0.6 is 11.6 Å². The van der Waals surface area contributed by atoms with E-state index in [9.17, 15) is 29.4 Å². The van der Waals surface area contributed by atoms with Gasteiger partial charge in [0.1, 0.15) is 23.3 Å². The van der Waals surface area contributed by atoms with Crippen LogP contribution in [0.25, 0.3) is 0 Å².